The fourth-order valence-corrected chi connectivity index (χ4v) is 4.63. The van der Waals surface area contributed by atoms with Gasteiger partial charge in [-0.3, -0.25) is 14.5 Å². The molecule has 2 heterocycles. The van der Waals surface area contributed by atoms with E-state index in [0.717, 1.165) is 36.3 Å². The maximum atomic E-state index is 13.7. The lowest BCUT2D eigenvalue weighted by Gasteiger charge is -2.18. The zero-order chi connectivity index (χ0) is 27.9. The molecule has 2 aromatic carbocycles. The van der Waals surface area contributed by atoms with E-state index in [9.17, 15) is 14.4 Å². The Morgan fingerprint density at radius 3 is 2.49 bits per heavy atom. The van der Waals surface area contributed by atoms with Crippen molar-refractivity contribution in [3.05, 3.63) is 76.9 Å². The van der Waals surface area contributed by atoms with Gasteiger partial charge in [-0.1, -0.05) is 37.6 Å². The van der Waals surface area contributed by atoms with Crippen molar-refractivity contribution in [2.24, 2.45) is 0 Å². The van der Waals surface area contributed by atoms with Crippen molar-refractivity contribution in [1.29, 1.82) is 0 Å². The maximum absolute atomic E-state index is 13.7. The summed E-state index contributed by atoms with van der Waals surface area (Å²) in [6.45, 7) is 4.37. The van der Waals surface area contributed by atoms with Crippen LogP contribution in [0, 0.1) is 0 Å². The molecule has 4 rings (SSSR count). The number of ether oxygens (including phenoxy) is 3. The van der Waals surface area contributed by atoms with Gasteiger partial charge in [-0.05, 0) is 43.2 Å². The second kappa shape index (κ2) is 12.4. The second-order valence-electron chi connectivity index (χ2n) is 9.09. The number of anilines is 1. The summed E-state index contributed by atoms with van der Waals surface area (Å²) in [4.78, 5) is 44.0. The number of benzene rings is 2. The third kappa shape index (κ3) is 5.87. The zero-order valence-electron chi connectivity index (χ0n) is 22.7. The quantitative estimate of drug-likeness (QED) is 0.265. The summed E-state index contributed by atoms with van der Waals surface area (Å²) in [7, 11) is 2.89. The third-order valence-electron chi connectivity index (χ3n) is 6.58. The van der Waals surface area contributed by atoms with Crippen LogP contribution in [0.5, 0.6) is 5.75 Å². The Hall–Kier alpha value is -4.40. The Kier molecular flexibility index (Phi) is 8.81. The standard InChI is InChI=1S/C30H33N3O6/c1-5-7-11-26-31-17-22(32(26)18-20-12-14-21(15-13-20)30(36)38-4)16-24-23-9-8-10-25(37-3)28(23)33(29(24)35)19-27(34)39-6-2/h8-10,12-17H,5-7,11,18-19H2,1-4H3. The highest BCUT2D eigenvalue weighted by atomic mass is 16.5. The van der Waals surface area contributed by atoms with Crippen LogP contribution in [0.2, 0.25) is 0 Å². The summed E-state index contributed by atoms with van der Waals surface area (Å²) in [5.41, 5.74) is 3.87. The third-order valence-corrected chi connectivity index (χ3v) is 6.58. The average Bonchev–Trinajstić information content (AvgIpc) is 3.45. The van der Waals surface area contributed by atoms with Crippen LogP contribution in [-0.4, -0.2) is 54.8 Å². The normalized spacial score (nSPS) is 13.5. The molecule has 1 aromatic heterocycles. The van der Waals surface area contributed by atoms with E-state index in [0.29, 0.717) is 34.7 Å². The lowest BCUT2D eigenvalue weighted by Crippen LogP contribution is -2.33. The largest absolute Gasteiger partial charge is 0.495 e. The van der Waals surface area contributed by atoms with E-state index in [1.807, 2.05) is 30.3 Å². The molecule has 1 amide bonds. The van der Waals surface area contributed by atoms with E-state index in [1.165, 1.54) is 19.1 Å². The number of hydrogen-bond donors (Lipinski definition) is 0. The number of methoxy groups -OCH3 is 2. The number of carbonyl (C=O) groups is 3. The van der Waals surface area contributed by atoms with Crippen LogP contribution in [0.4, 0.5) is 5.69 Å². The molecule has 1 aliphatic rings. The Morgan fingerprint density at radius 1 is 1.05 bits per heavy atom. The van der Waals surface area contributed by atoms with Crippen LogP contribution in [0.25, 0.3) is 11.6 Å². The van der Waals surface area contributed by atoms with Crippen molar-refractivity contribution in [3.8, 4) is 5.75 Å². The number of esters is 2. The van der Waals surface area contributed by atoms with Gasteiger partial charge in [0.05, 0.1) is 49.5 Å². The first-order valence-electron chi connectivity index (χ1n) is 13.0. The molecular weight excluding hydrogens is 498 g/mol. The molecule has 0 N–H and O–H groups in total. The molecule has 0 spiro atoms. The van der Waals surface area contributed by atoms with Crippen LogP contribution < -0.4 is 9.64 Å². The predicted molar refractivity (Wildman–Crippen MR) is 148 cm³/mol. The summed E-state index contributed by atoms with van der Waals surface area (Å²) in [5, 5.41) is 0. The van der Waals surface area contributed by atoms with E-state index < -0.39 is 5.97 Å². The minimum Gasteiger partial charge on any atom is -0.495 e. The SMILES string of the molecule is CCCCc1ncc(C=C2C(=O)N(CC(=O)OCC)c3c(OC)cccc32)n1Cc1ccc(C(=O)OC)cc1. The average molecular weight is 532 g/mol. The first-order valence-corrected chi connectivity index (χ1v) is 13.0. The number of carbonyl (C=O) groups excluding carboxylic acids is 3. The molecule has 0 radical (unpaired) electrons. The molecule has 39 heavy (non-hydrogen) atoms. The van der Waals surface area contributed by atoms with Gasteiger partial charge in [0.2, 0.25) is 0 Å². The van der Waals surface area contributed by atoms with E-state index in [4.69, 9.17) is 14.2 Å². The first-order chi connectivity index (χ1) is 18.9. The summed E-state index contributed by atoms with van der Waals surface area (Å²) in [6.07, 6.45) is 6.36. The lowest BCUT2D eigenvalue weighted by molar-refractivity contribution is -0.142. The Bertz CT molecular complexity index is 1390. The number of fused-ring (bicyclic) bond motifs is 1. The van der Waals surface area contributed by atoms with Crippen LogP contribution >= 0.6 is 0 Å². The number of amides is 1. The van der Waals surface area contributed by atoms with Crippen molar-refractivity contribution in [2.75, 3.05) is 32.3 Å². The minimum atomic E-state index is -0.494. The van der Waals surface area contributed by atoms with E-state index in [2.05, 4.69) is 16.5 Å². The number of imidazole rings is 1. The van der Waals surface area contributed by atoms with Gasteiger partial charge in [0.25, 0.3) is 5.91 Å². The molecule has 204 valence electrons. The number of nitrogens with zero attached hydrogens (tertiary/aromatic N) is 3. The first kappa shape index (κ1) is 27.6. The summed E-state index contributed by atoms with van der Waals surface area (Å²) < 4.78 is 17.5. The molecule has 0 aliphatic carbocycles. The van der Waals surface area contributed by atoms with Crippen LogP contribution in [0.3, 0.4) is 0 Å². The Balaban J connectivity index is 1.75. The van der Waals surface area contributed by atoms with Crippen molar-refractivity contribution in [1.82, 2.24) is 9.55 Å². The van der Waals surface area contributed by atoms with Gasteiger partial charge >= 0.3 is 11.9 Å². The number of aromatic nitrogens is 2. The molecular formula is C30H33N3O6. The monoisotopic (exact) mass is 531 g/mol. The molecule has 0 saturated carbocycles. The molecule has 1 aliphatic heterocycles. The molecule has 0 bridgehead atoms. The van der Waals surface area contributed by atoms with Gasteiger partial charge in [0.15, 0.2) is 0 Å². The van der Waals surface area contributed by atoms with Gasteiger partial charge in [0.1, 0.15) is 18.1 Å². The molecule has 0 saturated heterocycles. The fourth-order valence-electron chi connectivity index (χ4n) is 4.63. The maximum Gasteiger partial charge on any atom is 0.337 e. The highest BCUT2D eigenvalue weighted by molar-refractivity contribution is 6.37. The number of unbranched alkanes of at least 4 members (excludes halogenated alkanes) is 1. The topological polar surface area (TPSA) is 100.0 Å². The van der Waals surface area contributed by atoms with Crippen LogP contribution in [0.15, 0.2) is 48.7 Å². The Morgan fingerprint density at radius 2 is 1.82 bits per heavy atom. The molecule has 3 aromatic rings. The lowest BCUT2D eigenvalue weighted by atomic mass is 10.1. The van der Waals surface area contributed by atoms with E-state index in [1.54, 1.807) is 31.3 Å². The fraction of sp³-hybridized carbons (Fsp3) is 0.333. The highest BCUT2D eigenvalue weighted by Crippen LogP contribution is 2.43. The zero-order valence-corrected chi connectivity index (χ0v) is 22.7. The molecule has 9 nitrogen and oxygen atoms in total. The Labute approximate surface area is 228 Å². The predicted octanol–water partition coefficient (Wildman–Crippen LogP) is 4.52. The van der Waals surface area contributed by atoms with Crippen molar-refractivity contribution in [2.45, 2.75) is 39.7 Å². The second-order valence-corrected chi connectivity index (χ2v) is 9.09. The van der Waals surface area contributed by atoms with Crippen molar-refractivity contribution in [3.63, 3.8) is 0 Å². The van der Waals surface area contributed by atoms with Crippen LogP contribution in [-0.2, 0) is 32.0 Å². The highest BCUT2D eigenvalue weighted by Gasteiger charge is 2.36. The van der Waals surface area contributed by atoms with E-state index in [-0.39, 0.29) is 25.0 Å². The molecule has 9 heteroatoms. The number of para-hydroxylation sites is 1. The van der Waals surface area contributed by atoms with Gasteiger partial charge in [-0.15, -0.1) is 0 Å². The van der Waals surface area contributed by atoms with Gasteiger partial charge in [-0.2, -0.15) is 0 Å². The molecule has 0 atom stereocenters. The molecule has 0 unspecified atom stereocenters. The number of aryl methyl sites for hydroxylation is 1. The van der Waals surface area contributed by atoms with Crippen molar-refractivity contribution < 1.29 is 28.6 Å². The summed E-state index contributed by atoms with van der Waals surface area (Å²) in [6, 6.07) is 12.7. The minimum absolute atomic E-state index is 0.217. The van der Waals surface area contributed by atoms with E-state index >= 15 is 0 Å². The number of hydrogen-bond acceptors (Lipinski definition) is 7. The van der Waals surface area contributed by atoms with Crippen molar-refractivity contribution >= 4 is 35.2 Å². The van der Waals surface area contributed by atoms with Gasteiger partial charge in [-0.25, -0.2) is 9.78 Å². The smallest absolute Gasteiger partial charge is 0.337 e. The summed E-state index contributed by atoms with van der Waals surface area (Å²) in [5.74, 6) is 0.204. The van der Waals surface area contributed by atoms with Gasteiger partial charge in [0, 0.05) is 18.5 Å². The number of rotatable bonds is 11. The van der Waals surface area contributed by atoms with Gasteiger partial charge < -0.3 is 18.8 Å². The van der Waals surface area contributed by atoms with Crippen LogP contribution in [0.1, 0.15) is 59.7 Å². The molecule has 0 fully saturated rings. The summed E-state index contributed by atoms with van der Waals surface area (Å²) >= 11 is 0.